The fraction of sp³-hybridized carbons (Fsp3) is 0.150. The summed E-state index contributed by atoms with van der Waals surface area (Å²) in [6.07, 6.45) is 1.37. The zero-order valence-electron chi connectivity index (χ0n) is 14.6. The molecule has 0 saturated heterocycles. The molecule has 3 rings (SSSR count). The molecule has 1 amide bonds. The number of carbonyl (C=O) groups excluding carboxylic acids is 1. The van der Waals surface area contributed by atoms with Gasteiger partial charge in [0.1, 0.15) is 17.8 Å². The molecule has 0 saturated carbocycles. The lowest BCUT2D eigenvalue weighted by Gasteiger charge is -2.09. The van der Waals surface area contributed by atoms with Gasteiger partial charge in [-0.05, 0) is 48.7 Å². The number of aryl methyl sites for hydroxylation is 2. The molecule has 0 radical (unpaired) electrons. The summed E-state index contributed by atoms with van der Waals surface area (Å²) in [6, 6.07) is 15.1. The number of rotatable bonds is 5. The smallest absolute Gasteiger partial charge is 0.270 e. The third-order valence-corrected chi connectivity index (χ3v) is 4.44. The van der Waals surface area contributed by atoms with Crippen molar-refractivity contribution in [2.75, 3.05) is 5.32 Å². The summed E-state index contributed by atoms with van der Waals surface area (Å²) >= 11 is 6.11. The van der Waals surface area contributed by atoms with Gasteiger partial charge in [-0.1, -0.05) is 35.9 Å². The van der Waals surface area contributed by atoms with Gasteiger partial charge in [-0.25, -0.2) is 9.97 Å². The van der Waals surface area contributed by atoms with Crippen molar-refractivity contribution in [3.63, 3.8) is 0 Å². The van der Waals surface area contributed by atoms with E-state index in [2.05, 4.69) is 27.5 Å². The number of amides is 1. The minimum atomic E-state index is -0.282. The second-order valence-electron chi connectivity index (χ2n) is 5.99. The number of aromatic nitrogens is 2. The van der Waals surface area contributed by atoms with Crippen molar-refractivity contribution in [1.29, 1.82) is 0 Å². The molecule has 6 heteroatoms. The molecule has 0 fully saturated rings. The van der Waals surface area contributed by atoms with Crippen LogP contribution in [0.25, 0.3) is 0 Å². The number of hydrogen-bond acceptors (Lipinski definition) is 4. The van der Waals surface area contributed by atoms with Crippen molar-refractivity contribution in [2.45, 2.75) is 20.4 Å². The van der Waals surface area contributed by atoms with Crippen LogP contribution in [0, 0.1) is 13.8 Å². The number of halogens is 1. The highest BCUT2D eigenvalue weighted by atomic mass is 35.5. The molecule has 26 heavy (non-hydrogen) atoms. The molecule has 0 aliphatic carbocycles. The largest absolute Gasteiger partial charge is 0.347 e. The molecule has 0 aliphatic rings. The van der Waals surface area contributed by atoms with Crippen molar-refractivity contribution >= 4 is 29.0 Å². The molecule has 132 valence electrons. The summed E-state index contributed by atoms with van der Waals surface area (Å²) in [7, 11) is 0. The Hall–Kier alpha value is -2.92. The molecule has 2 N–H and O–H groups in total. The fourth-order valence-corrected chi connectivity index (χ4v) is 2.63. The van der Waals surface area contributed by atoms with Gasteiger partial charge >= 0.3 is 0 Å². The maximum Gasteiger partial charge on any atom is 0.270 e. The first-order valence-corrected chi connectivity index (χ1v) is 8.58. The van der Waals surface area contributed by atoms with Gasteiger partial charge in [0, 0.05) is 23.3 Å². The lowest BCUT2D eigenvalue weighted by molar-refractivity contribution is 0.0946. The second-order valence-corrected chi connectivity index (χ2v) is 6.39. The lowest BCUT2D eigenvalue weighted by atomic mass is 10.1. The molecule has 1 aromatic heterocycles. The van der Waals surface area contributed by atoms with Gasteiger partial charge in [0.05, 0.1) is 0 Å². The molecule has 0 spiro atoms. The molecule has 3 aromatic rings. The number of benzene rings is 2. The standard InChI is InChI=1S/C20H19ClN4O/c1-13-7-8-16(9-14(13)2)25-19-10-18(23-12-24-19)20(26)22-11-15-5-3-4-6-17(15)21/h3-10,12H,11H2,1-2H3,(H,22,26)(H,23,24,25). The van der Waals surface area contributed by atoms with Crippen LogP contribution in [0.1, 0.15) is 27.2 Å². The van der Waals surface area contributed by atoms with E-state index in [-0.39, 0.29) is 5.91 Å². The third-order valence-electron chi connectivity index (χ3n) is 4.08. The van der Waals surface area contributed by atoms with E-state index in [4.69, 9.17) is 11.6 Å². The van der Waals surface area contributed by atoms with Crippen molar-refractivity contribution in [1.82, 2.24) is 15.3 Å². The number of carbonyl (C=O) groups is 1. The van der Waals surface area contributed by atoms with E-state index in [1.54, 1.807) is 12.1 Å². The second kappa shape index (κ2) is 7.97. The maximum absolute atomic E-state index is 12.4. The molecule has 1 heterocycles. The van der Waals surface area contributed by atoms with Gasteiger partial charge in [-0.15, -0.1) is 0 Å². The molecule has 5 nitrogen and oxygen atoms in total. The van der Waals surface area contributed by atoms with Gasteiger partial charge in [0.2, 0.25) is 0 Å². The summed E-state index contributed by atoms with van der Waals surface area (Å²) in [4.78, 5) is 20.6. The molecular weight excluding hydrogens is 348 g/mol. The Labute approximate surface area is 157 Å². The Morgan fingerprint density at radius 3 is 2.62 bits per heavy atom. The molecule has 0 bridgehead atoms. The first-order valence-electron chi connectivity index (χ1n) is 8.21. The Morgan fingerprint density at radius 2 is 1.85 bits per heavy atom. The predicted molar refractivity (Wildman–Crippen MR) is 104 cm³/mol. The normalized spacial score (nSPS) is 10.4. The van der Waals surface area contributed by atoms with Crippen molar-refractivity contribution in [3.8, 4) is 0 Å². The van der Waals surface area contributed by atoms with Crippen LogP contribution < -0.4 is 10.6 Å². The fourth-order valence-electron chi connectivity index (χ4n) is 2.42. The number of nitrogens with one attached hydrogen (secondary N) is 2. The van der Waals surface area contributed by atoms with E-state index in [1.807, 2.05) is 43.3 Å². The van der Waals surface area contributed by atoms with Gasteiger partial charge in [-0.3, -0.25) is 4.79 Å². The third kappa shape index (κ3) is 4.37. The Balaban J connectivity index is 1.69. The van der Waals surface area contributed by atoms with Gasteiger partial charge in [-0.2, -0.15) is 0 Å². The zero-order chi connectivity index (χ0) is 18.5. The summed E-state index contributed by atoms with van der Waals surface area (Å²) in [5, 5.41) is 6.64. The topological polar surface area (TPSA) is 66.9 Å². The van der Waals surface area contributed by atoms with E-state index < -0.39 is 0 Å². The summed E-state index contributed by atoms with van der Waals surface area (Å²) < 4.78 is 0. The van der Waals surface area contributed by atoms with Crippen molar-refractivity contribution in [3.05, 3.63) is 82.3 Å². The van der Waals surface area contributed by atoms with Crippen LogP contribution in [0.4, 0.5) is 11.5 Å². The summed E-state index contributed by atoms with van der Waals surface area (Å²) in [5.41, 5.74) is 4.46. The molecule has 0 atom stereocenters. The maximum atomic E-state index is 12.4. The van der Waals surface area contributed by atoms with Crippen LogP contribution in [-0.4, -0.2) is 15.9 Å². The van der Waals surface area contributed by atoms with E-state index in [1.165, 1.54) is 17.5 Å². The zero-order valence-corrected chi connectivity index (χ0v) is 15.3. The van der Waals surface area contributed by atoms with Crippen LogP contribution in [0.15, 0.2) is 54.9 Å². The van der Waals surface area contributed by atoms with Crippen LogP contribution in [-0.2, 0) is 6.54 Å². The van der Waals surface area contributed by atoms with Crippen LogP contribution in [0.3, 0.4) is 0 Å². The minimum absolute atomic E-state index is 0.282. The van der Waals surface area contributed by atoms with Crippen LogP contribution >= 0.6 is 11.6 Å². The van der Waals surface area contributed by atoms with Crippen molar-refractivity contribution in [2.24, 2.45) is 0 Å². The van der Waals surface area contributed by atoms with Gasteiger partial charge < -0.3 is 10.6 Å². The van der Waals surface area contributed by atoms with Crippen LogP contribution in [0.5, 0.6) is 0 Å². The Bertz CT molecular complexity index is 943. The highest BCUT2D eigenvalue weighted by Gasteiger charge is 2.10. The Kier molecular flexibility index (Phi) is 5.49. The monoisotopic (exact) mass is 366 g/mol. The summed E-state index contributed by atoms with van der Waals surface area (Å²) in [6.45, 7) is 4.45. The minimum Gasteiger partial charge on any atom is -0.347 e. The molecular formula is C20H19ClN4O. The first kappa shape index (κ1) is 17.9. The molecule has 0 unspecified atom stereocenters. The van der Waals surface area contributed by atoms with E-state index >= 15 is 0 Å². The number of anilines is 2. The van der Waals surface area contributed by atoms with E-state index in [0.29, 0.717) is 23.1 Å². The van der Waals surface area contributed by atoms with Crippen molar-refractivity contribution < 1.29 is 4.79 Å². The quantitative estimate of drug-likeness (QED) is 0.701. The average Bonchev–Trinajstić information content (AvgIpc) is 2.64. The van der Waals surface area contributed by atoms with Crippen LogP contribution in [0.2, 0.25) is 5.02 Å². The average molecular weight is 367 g/mol. The SMILES string of the molecule is Cc1ccc(Nc2cc(C(=O)NCc3ccccc3Cl)ncn2)cc1C. The van der Waals surface area contributed by atoms with E-state index in [0.717, 1.165) is 11.3 Å². The molecule has 2 aromatic carbocycles. The lowest BCUT2D eigenvalue weighted by Crippen LogP contribution is -2.24. The molecule has 0 aliphatic heterocycles. The first-order chi connectivity index (χ1) is 12.5. The Morgan fingerprint density at radius 1 is 1.04 bits per heavy atom. The van der Waals surface area contributed by atoms with E-state index in [9.17, 15) is 4.79 Å². The number of nitrogens with zero attached hydrogens (tertiary/aromatic N) is 2. The summed E-state index contributed by atoms with van der Waals surface area (Å²) in [5.74, 6) is 0.279. The predicted octanol–water partition coefficient (Wildman–Crippen LogP) is 4.42. The number of hydrogen-bond donors (Lipinski definition) is 2. The van der Waals surface area contributed by atoms with Gasteiger partial charge in [0.25, 0.3) is 5.91 Å². The highest BCUT2D eigenvalue weighted by Crippen LogP contribution is 2.18. The highest BCUT2D eigenvalue weighted by molar-refractivity contribution is 6.31. The van der Waals surface area contributed by atoms with Gasteiger partial charge in [0.15, 0.2) is 0 Å².